The zero-order valence-electron chi connectivity index (χ0n) is 13.9. The number of anilines is 1. The van der Waals surface area contributed by atoms with Crippen LogP contribution in [0, 0.1) is 0 Å². The van der Waals surface area contributed by atoms with Crippen molar-refractivity contribution in [2.24, 2.45) is 0 Å². The highest BCUT2D eigenvalue weighted by Gasteiger charge is 2.29. The van der Waals surface area contributed by atoms with E-state index in [9.17, 15) is 18.0 Å². The summed E-state index contributed by atoms with van der Waals surface area (Å²) in [5.74, 6) is -0.238. The molecule has 6 nitrogen and oxygen atoms in total. The predicted octanol–water partition coefficient (Wildman–Crippen LogP) is 5.41. The molecule has 0 fully saturated rings. The molecule has 0 spiro atoms. The molecular weight excluding hydrogens is 419 g/mol. The fraction of sp³-hybridized carbons (Fsp3) is 0.118. The van der Waals surface area contributed by atoms with Crippen LogP contribution in [-0.2, 0) is 0 Å². The van der Waals surface area contributed by atoms with Crippen molar-refractivity contribution in [2.75, 3.05) is 11.9 Å². The van der Waals surface area contributed by atoms with E-state index < -0.39 is 18.9 Å². The van der Waals surface area contributed by atoms with Crippen LogP contribution in [0.4, 0.5) is 23.7 Å². The molecule has 1 amide bonds. The molecule has 0 saturated carbocycles. The molecule has 28 heavy (non-hydrogen) atoms. The van der Waals surface area contributed by atoms with Gasteiger partial charge in [0.05, 0.1) is 11.9 Å². The van der Waals surface area contributed by atoms with Gasteiger partial charge in [-0.05, 0) is 23.8 Å². The average molecular weight is 430 g/mol. The maximum atomic E-state index is 12.5. The van der Waals surface area contributed by atoms with Crippen molar-refractivity contribution < 1.29 is 27.4 Å². The van der Waals surface area contributed by atoms with Crippen LogP contribution in [0.25, 0.3) is 11.1 Å². The van der Waals surface area contributed by atoms with Crippen LogP contribution in [0.5, 0.6) is 11.1 Å². The van der Waals surface area contributed by atoms with E-state index >= 15 is 0 Å². The van der Waals surface area contributed by atoms with E-state index in [1.807, 2.05) is 0 Å². The number of aromatic nitrogens is 2. The standard InChI is InChI=1S/C17H11ClF3N3O3S/c18-11-3-1-10(2-4-11)13-7-12(8-23-14(13)26-9-17(19,20)21)24-15(25)27-16-22-5-6-28-16/h1-8H,9H2,(H,24,25). The lowest BCUT2D eigenvalue weighted by atomic mass is 10.1. The Bertz CT molecular complexity index is 951. The molecule has 0 bridgehead atoms. The first-order chi connectivity index (χ1) is 13.3. The maximum absolute atomic E-state index is 12.5. The van der Waals surface area contributed by atoms with Gasteiger partial charge in [-0.25, -0.2) is 14.8 Å². The number of amides is 1. The Morgan fingerprint density at radius 1 is 1.21 bits per heavy atom. The van der Waals surface area contributed by atoms with E-state index in [-0.39, 0.29) is 22.3 Å². The number of nitrogens with one attached hydrogen (secondary N) is 1. The summed E-state index contributed by atoms with van der Waals surface area (Å²) in [4.78, 5) is 19.6. The maximum Gasteiger partial charge on any atom is 0.422 e. The van der Waals surface area contributed by atoms with Crippen molar-refractivity contribution in [2.45, 2.75) is 6.18 Å². The van der Waals surface area contributed by atoms with Gasteiger partial charge in [0.25, 0.3) is 5.19 Å². The molecule has 3 rings (SSSR count). The van der Waals surface area contributed by atoms with Crippen LogP contribution in [0.15, 0.2) is 48.1 Å². The summed E-state index contributed by atoms with van der Waals surface area (Å²) in [6.45, 7) is -1.50. The number of thiazole rings is 1. The summed E-state index contributed by atoms with van der Waals surface area (Å²) in [5, 5.41) is 4.68. The molecule has 1 N–H and O–H groups in total. The van der Waals surface area contributed by atoms with Crippen molar-refractivity contribution in [3.8, 4) is 22.2 Å². The van der Waals surface area contributed by atoms with Crippen LogP contribution in [0.3, 0.4) is 0 Å². The Balaban J connectivity index is 1.85. The van der Waals surface area contributed by atoms with E-state index in [0.29, 0.717) is 10.6 Å². The second kappa shape index (κ2) is 8.44. The number of benzene rings is 1. The van der Waals surface area contributed by atoms with Crippen molar-refractivity contribution in [1.82, 2.24) is 9.97 Å². The molecule has 0 saturated heterocycles. The molecule has 0 aliphatic heterocycles. The first-order valence-electron chi connectivity index (χ1n) is 7.64. The summed E-state index contributed by atoms with van der Waals surface area (Å²) in [5.41, 5.74) is 0.949. The molecule has 11 heteroatoms. The van der Waals surface area contributed by atoms with Crippen molar-refractivity contribution in [3.05, 3.63) is 53.1 Å². The normalized spacial score (nSPS) is 11.1. The third-order valence-corrected chi connectivity index (χ3v) is 4.12. The molecule has 2 heterocycles. The van der Waals surface area contributed by atoms with Gasteiger partial charge >= 0.3 is 12.3 Å². The highest BCUT2D eigenvalue weighted by atomic mass is 35.5. The highest BCUT2D eigenvalue weighted by molar-refractivity contribution is 7.11. The number of nitrogens with zero attached hydrogens (tertiary/aromatic N) is 2. The third-order valence-electron chi connectivity index (χ3n) is 3.21. The Morgan fingerprint density at radius 3 is 2.61 bits per heavy atom. The number of pyridine rings is 1. The number of ether oxygens (including phenoxy) is 2. The molecule has 0 aliphatic carbocycles. The van der Waals surface area contributed by atoms with Gasteiger partial charge < -0.3 is 9.47 Å². The minimum Gasteiger partial charge on any atom is -0.468 e. The quantitative estimate of drug-likeness (QED) is 0.587. The van der Waals surface area contributed by atoms with Gasteiger partial charge in [-0.3, -0.25) is 5.32 Å². The topological polar surface area (TPSA) is 73.3 Å². The fourth-order valence-electron chi connectivity index (χ4n) is 2.11. The smallest absolute Gasteiger partial charge is 0.422 e. The van der Waals surface area contributed by atoms with Gasteiger partial charge in [0.1, 0.15) is 0 Å². The third kappa shape index (κ3) is 5.57. The lowest BCUT2D eigenvalue weighted by Gasteiger charge is -2.14. The van der Waals surface area contributed by atoms with E-state index in [1.165, 1.54) is 12.3 Å². The van der Waals surface area contributed by atoms with Crippen LogP contribution < -0.4 is 14.8 Å². The zero-order chi connectivity index (χ0) is 20.1. The van der Waals surface area contributed by atoms with Gasteiger partial charge in [-0.15, -0.1) is 0 Å². The summed E-state index contributed by atoms with van der Waals surface area (Å²) in [6, 6.07) is 7.75. The monoisotopic (exact) mass is 429 g/mol. The molecule has 1 aromatic carbocycles. The van der Waals surface area contributed by atoms with Crippen LogP contribution in [0.1, 0.15) is 0 Å². The van der Waals surface area contributed by atoms with Crippen LogP contribution >= 0.6 is 22.9 Å². The number of hydrogen-bond donors (Lipinski definition) is 1. The first-order valence-corrected chi connectivity index (χ1v) is 8.90. The zero-order valence-corrected chi connectivity index (χ0v) is 15.4. The fourth-order valence-corrected chi connectivity index (χ4v) is 2.72. The van der Waals surface area contributed by atoms with Crippen molar-refractivity contribution >= 4 is 34.7 Å². The molecular formula is C17H11ClF3N3O3S. The minimum absolute atomic E-state index is 0.147. The second-order valence-corrected chi connectivity index (χ2v) is 6.59. The van der Waals surface area contributed by atoms with Crippen molar-refractivity contribution in [1.29, 1.82) is 0 Å². The lowest BCUT2D eigenvalue weighted by molar-refractivity contribution is -0.154. The number of halogens is 4. The number of hydrogen-bond acceptors (Lipinski definition) is 6. The highest BCUT2D eigenvalue weighted by Crippen LogP contribution is 2.32. The van der Waals surface area contributed by atoms with Crippen molar-refractivity contribution in [3.63, 3.8) is 0 Å². The molecule has 146 valence electrons. The molecule has 0 radical (unpaired) electrons. The average Bonchev–Trinajstić information content (AvgIpc) is 3.13. The van der Waals surface area contributed by atoms with Crippen LogP contribution in [-0.4, -0.2) is 28.8 Å². The van der Waals surface area contributed by atoms with Gasteiger partial charge in [0, 0.05) is 22.2 Å². The number of rotatable bonds is 5. The lowest BCUT2D eigenvalue weighted by Crippen LogP contribution is -2.20. The second-order valence-electron chi connectivity index (χ2n) is 5.30. The number of alkyl halides is 3. The molecule has 3 aromatic rings. The van der Waals surface area contributed by atoms with Gasteiger partial charge in [0.15, 0.2) is 6.61 Å². The number of carbonyl (C=O) groups excluding carboxylic acids is 1. The Hall–Kier alpha value is -2.85. The largest absolute Gasteiger partial charge is 0.468 e. The van der Waals surface area contributed by atoms with Gasteiger partial charge in [-0.2, -0.15) is 13.2 Å². The summed E-state index contributed by atoms with van der Waals surface area (Å²) in [7, 11) is 0. The summed E-state index contributed by atoms with van der Waals surface area (Å²) < 4.78 is 47.3. The molecule has 0 unspecified atom stereocenters. The Labute approximate surface area is 165 Å². The van der Waals surface area contributed by atoms with E-state index in [2.05, 4.69) is 15.3 Å². The van der Waals surface area contributed by atoms with Crippen LogP contribution in [0.2, 0.25) is 5.02 Å². The van der Waals surface area contributed by atoms with E-state index in [1.54, 1.807) is 29.6 Å². The SMILES string of the molecule is O=C(Nc1cnc(OCC(F)(F)F)c(-c2ccc(Cl)cc2)c1)Oc1nccs1. The Morgan fingerprint density at radius 2 is 1.96 bits per heavy atom. The number of carbonyl (C=O) groups is 1. The van der Waals surface area contributed by atoms with E-state index in [4.69, 9.17) is 21.1 Å². The predicted molar refractivity (Wildman–Crippen MR) is 98.0 cm³/mol. The molecule has 0 atom stereocenters. The molecule has 0 aliphatic rings. The minimum atomic E-state index is -4.52. The van der Waals surface area contributed by atoms with Gasteiger partial charge in [-0.1, -0.05) is 35.1 Å². The Kier molecular flexibility index (Phi) is 6.00. The van der Waals surface area contributed by atoms with E-state index in [0.717, 1.165) is 17.5 Å². The summed E-state index contributed by atoms with van der Waals surface area (Å²) >= 11 is 6.98. The molecule has 2 aromatic heterocycles. The van der Waals surface area contributed by atoms with Gasteiger partial charge in [0.2, 0.25) is 5.88 Å². The summed E-state index contributed by atoms with van der Waals surface area (Å²) in [6.07, 6.45) is -2.70. The first kappa shape index (κ1) is 19.9.